The summed E-state index contributed by atoms with van der Waals surface area (Å²) < 4.78 is 0. The number of hydrogen-bond acceptors (Lipinski definition) is 3. The third-order valence-corrected chi connectivity index (χ3v) is 3.05. The van der Waals surface area contributed by atoms with Crippen molar-refractivity contribution in [2.75, 3.05) is 5.73 Å². The zero-order valence-electron chi connectivity index (χ0n) is 8.64. The molecular formula is C12H12N2OS. The Balaban J connectivity index is 1.95. The van der Waals surface area contributed by atoms with Crippen LogP contribution in [0.3, 0.4) is 0 Å². The molecule has 0 aliphatic heterocycles. The molecule has 1 aromatic carbocycles. The van der Waals surface area contributed by atoms with Gasteiger partial charge in [0.15, 0.2) is 0 Å². The summed E-state index contributed by atoms with van der Waals surface area (Å²) in [5, 5.41) is 4.84. The van der Waals surface area contributed by atoms with Gasteiger partial charge in [-0.05, 0) is 35.7 Å². The molecule has 2 rings (SSSR count). The average molecular weight is 232 g/mol. The summed E-state index contributed by atoms with van der Waals surface area (Å²) in [6.45, 7) is 0.570. The largest absolute Gasteiger partial charge is 0.399 e. The third kappa shape index (κ3) is 2.61. The predicted molar refractivity (Wildman–Crippen MR) is 66.3 cm³/mol. The number of nitrogens with one attached hydrogen (secondary N) is 1. The van der Waals surface area contributed by atoms with Crippen molar-refractivity contribution in [1.29, 1.82) is 0 Å². The highest BCUT2D eigenvalue weighted by molar-refractivity contribution is 7.09. The minimum atomic E-state index is -0.0756. The highest BCUT2D eigenvalue weighted by Crippen LogP contribution is 2.09. The van der Waals surface area contributed by atoms with E-state index in [1.807, 2.05) is 17.5 Å². The summed E-state index contributed by atoms with van der Waals surface area (Å²) in [5.74, 6) is -0.0756. The van der Waals surface area contributed by atoms with Crippen LogP contribution >= 0.6 is 11.3 Å². The molecule has 0 saturated carbocycles. The molecule has 0 atom stereocenters. The van der Waals surface area contributed by atoms with E-state index in [4.69, 9.17) is 5.73 Å². The lowest BCUT2D eigenvalue weighted by molar-refractivity contribution is 0.0951. The van der Waals surface area contributed by atoms with Crippen molar-refractivity contribution in [3.8, 4) is 0 Å². The Morgan fingerprint density at radius 2 is 2.00 bits per heavy atom. The van der Waals surface area contributed by atoms with Crippen molar-refractivity contribution >= 4 is 22.9 Å². The van der Waals surface area contributed by atoms with E-state index in [0.717, 1.165) is 4.88 Å². The van der Waals surface area contributed by atoms with E-state index in [2.05, 4.69) is 5.32 Å². The van der Waals surface area contributed by atoms with Crippen LogP contribution in [0.15, 0.2) is 41.8 Å². The summed E-state index contributed by atoms with van der Waals surface area (Å²) >= 11 is 1.63. The SMILES string of the molecule is Nc1ccc(C(=O)NCc2cccs2)cc1. The monoisotopic (exact) mass is 232 g/mol. The van der Waals surface area contributed by atoms with Gasteiger partial charge >= 0.3 is 0 Å². The number of nitrogen functional groups attached to an aromatic ring is 1. The topological polar surface area (TPSA) is 55.1 Å². The summed E-state index contributed by atoms with van der Waals surface area (Å²) in [6.07, 6.45) is 0. The number of carbonyl (C=O) groups is 1. The molecule has 3 nitrogen and oxygen atoms in total. The van der Waals surface area contributed by atoms with E-state index in [0.29, 0.717) is 17.8 Å². The van der Waals surface area contributed by atoms with Crippen LogP contribution in [-0.2, 0) is 6.54 Å². The molecule has 0 radical (unpaired) electrons. The second-order valence-electron chi connectivity index (χ2n) is 3.38. The van der Waals surface area contributed by atoms with Crippen molar-refractivity contribution in [2.24, 2.45) is 0 Å². The molecule has 82 valence electrons. The van der Waals surface area contributed by atoms with Gasteiger partial charge in [0.25, 0.3) is 5.91 Å². The number of thiophene rings is 1. The molecule has 0 aliphatic rings. The van der Waals surface area contributed by atoms with Crippen LogP contribution in [0.1, 0.15) is 15.2 Å². The lowest BCUT2D eigenvalue weighted by Gasteiger charge is -2.03. The lowest BCUT2D eigenvalue weighted by atomic mass is 10.2. The van der Waals surface area contributed by atoms with Crippen molar-refractivity contribution < 1.29 is 4.79 Å². The molecule has 1 aromatic heterocycles. The van der Waals surface area contributed by atoms with E-state index in [-0.39, 0.29) is 5.91 Å². The first-order chi connectivity index (χ1) is 7.75. The van der Waals surface area contributed by atoms with Gasteiger partial charge in [0.2, 0.25) is 0 Å². The van der Waals surface area contributed by atoms with Crippen LogP contribution < -0.4 is 11.1 Å². The average Bonchev–Trinajstić information content (AvgIpc) is 2.80. The summed E-state index contributed by atoms with van der Waals surface area (Å²) in [6, 6.07) is 10.8. The minimum absolute atomic E-state index is 0.0756. The Hall–Kier alpha value is -1.81. The van der Waals surface area contributed by atoms with Crippen molar-refractivity contribution in [1.82, 2.24) is 5.32 Å². The Kier molecular flexibility index (Phi) is 3.22. The van der Waals surface area contributed by atoms with Gasteiger partial charge in [0, 0.05) is 16.1 Å². The molecule has 1 amide bonds. The molecular weight excluding hydrogens is 220 g/mol. The van der Waals surface area contributed by atoms with Crippen LogP contribution in [0.2, 0.25) is 0 Å². The van der Waals surface area contributed by atoms with Crippen LogP contribution in [0.5, 0.6) is 0 Å². The van der Waals surface area contributed by atoms with Crippen LogP contribution in [0.4, 0.5) is 5.69 Å². The molecule has 16 heavy (non-hydrogen) atoms. The molecule has 0 bridgehead atoms. The number of carbonyl (C=O) groups excluding carboxylic acids is 1. The predicted octanol–water partition coefficient (Wildman–Crippen LogP) is 2.26. The van der Waals surface area contributed by atoms with Gasteiger partial charge < -0.3 is 11.1 Å². The Morgan fingerprint density at radius 1 is 1.25 bits per heavy atom. The number of anilines is 1. The van der Waals surface area contributed by atoms with Crippen LogP contribution in [0, 0.1) is 0 Å². The maximum Gasteiger partial charge on any atom is 0.251 e. The molecule has 1 heterocycles. The van der Waals surface area contributed by atoms with Gasteiger partial charge in [-0.15, -0.1) is 11.3 Å². The van der Waals surface area contributed by atoms with E-state index >= 15 is 0 Å². The first-order valence-corrected chi connectivity index (χ1v) is 5.80. The zero-order valence-corrected chi connectivity index (χ0v) is 9.46. The molecule has 0 aliphatic carbocycles. The third-order valence-electron chi connectivity index (χ3n) is 2.18. The quantitative estimate of drug-likeness (QED) is 0.797. The molecule has 0 saturated heterocycles. The van der Waals surface area contributed by atoms with Gasteiger partial charge in [-0.25, -0.2) is 0 Å². The van der Waals surface area contributed by atoms with Crippen molar-refractivity contribution in [3.05, 3.63) is 52.2 Å². The summed E-state index contributed by atoms with van der Waals surface area (Å²) in [7, 11) is 0. The molecule has 4 heteroatoms. The number of benzene rings is 1. The second kappa shape index (κ2) is 4.81. The molecule has 2 aromatic rings. The van der Waals surface area contributed by atoms with Crippen LogP contribution in [0.25, 0.3) is 0 Å². The van der Waals surface area contributed by atoms with Crippen LogP contribution in [-0.4, -0.2) is 5.91 Å². The fraction of sp³-hybridized carbons (Fsp3) is 0.0833. The van der Waals surface area contributed by atoms with E-state index in [1.54, 1.807) is 35.6 Å². The first kappa shape index (κ1) is 10.7. The summed E-state index contributed by atoms with van der Waals surface area (Å²) in [4.78, 5) is 12.8. The smallest absolute Gasteiger partial charge is 0.251 e. The van der Waals surface area contributed by atoms with Gasteiger partial charge in [-0.3, -0.25) is 4.79 Å². The van der Waals surface area contributed by atoms with Gasteiger partial charge in [0.05, 0.1) is 6.54 Å². The Bertz CT molecular complexity index is 462. The minimum Gasteiger partial charge on any atom is -0.399 e. The van der Waals surface area contributed by atoms with E-state index < -0.39 is 0 Å². The second-order valence-corrected chi connectivity index (χ2v) is 4.42. The summed E-state index contributed by atoms with van der Waals surface area (Å²) in [5.41, 5.74) is 6.84. The van der Waals surface area contributed by atoms with Gasteiger partial charge in [-0.1, -0.05) is 6.07 Å². The van der Waals surface area contributed by atoms with E-state index in [9.17, 15) is 4.79 Å². The fourth-order valence-electron chi connectivity index (χ4n) is 1.32. The van der Waals surface area contributed by atoms with Gasteiger partial charge in [-0.2, -0.15) is 0 Å². The van der Waals surface area contributed by atoms with Gasteiger partial charge in [0.1, 0.15) is 0 Å². The normalized spacial score (nSPS) is 10.0. The number of hydrogen-bond donors (Lipinski definition) is 2. The maximum atomic E-state index is 11.7. The van der Waals surface area contributed by atoms with Crippen molar-refractivity contribution in [3.63, 3.8) is 0 Å². The number of rotatable bonds is 3. The molecule has 3 N–H and O–H groups in total. The highest BCUT2D eigenvalue weighted by atomic mass is 32.1. The molecule has 0 fully saturated rings. The lowest BCUT2D eigenvalue weighted by Crippen LogP contribution is -2.22. The fourth-order valence-corrected chi connectivity index (χ4v) is 1.96. The molecule has 0 unspecified atom stereocenters. The first-order valence-electron chi connectivity index (χ1n) is 4.92. The number of amides is 1. The Morgan fingerprint density at radius 3 is 2.62 bits per heavy atom. The zero-order chi connectivity index (χ0) is 11.4. The maximum absolute atomic E-state index is 11.7. The van der Waals surface area contributed by atoms with Crippen molar-refractivity contribution in [2.45, 2.75) is 6.54 Å². The highest BCUT2D eigenvalue weighted by Gasteiger charge is 2.04. The standard InChI is InChI=1S/C12H12N2OS/c13-10-5-3-9(4-6-10)12(15)14-8-11-2-1-7-16-11/h1-7H,8,13H2,(H,14,15). The van der Waals surface area contributed by atoms with E-state index in [1.165, 1.54) is 0 Å². The molecule has 0 spiro atoms. The Labute approximate surface area is 97.9 Å². The number of nitrogens with two attached hydrogens (primary N) is 1.